The molecule has 0 saturated heterocycles. The van der Waals surface area contributed by atoms with Crippen LogP contribution in [0.5, 0.6) is 11.5 Å². The molecule has 0 radical (unpaired) electrons. The number of hydrogen-bond donors (Lipinski definition) is 0. The van der Waals surface area contributed by atoms with Gasteiger partial charge in [0.25, 0.3) is 5.91 Å². The monoisotopic (exact) mass is 481 g/mol. The molecule has 0 spiro atoms. The van der Waals surface area contributed by atoms with Gasteiger partial charge in [0.05, 0.1) is 14.2 Å². The van der Waals surface area contributed by atoms with E-state index in [9.17, 15) is 4.79 Å². The quantitative estimate of drug-likeness (QED) is 0.398. The third kappa shape index (κ3) is 5.83. The van der Waals surface area contributed by atoms with Crippen LogP contribution < -0.4 is 14.4 Å². The van der Waals surface area contributed by atoms with Crippen LogP contribution in [0.15, 0.2) is 41.3 Å². The summed E-state index contributed by atoms with van der Waals surface area (Å²) >= 11 is 3.07. The summed E-state index contributed by atoms with van der Waals surface area (Å²) < 4.78 is 11.9. The van der Waals surface area contributed by atoms with Gasteiger partial charge >= 0.3 is 0 Å². The first kappa shape index (κ1) is 25.3. The van der Waals surface area contributed by atoms with E-state index >= 15 is 0 Å². The molecule has 9 heteroatoms. The second kappa shape index (κ2) is 11.6. The molecule has 1 aromatic heterocycles. The van der Waals surface area contributed by atoms with Crippen LogP contribution in [0.4, 0.5) is 5.13 Å². The summed E-state index contributed by atoms with van der Waals surface area (Å²) in [7, 11) is 7.31. The van der Waals surface area contributed by atoms with Crippen LogP contribution >= 0.6 is 35.5 Å². The number of amides is 1. The van der Waals surface area contributed by atoms with E-state index in [4.69, 9.17) is 14.5 Å². The molecule has 168 valence electrons. The normalized spacial score (nSPS) is 10.8. The first-order valence-electron chi connectivity index (χ1n) is 9.60. The maximum atomic E-state index is 13.5. The standard InChI is InChI=1S/C22H27N3O3S2.ClH/c1-24(2)12-7-13-25(21(26)15-8-6-9-16(14-15)29-5)22-23-19-17(27-3)10-11-18(28-4)20(19)30-22;/h6,8-11,14H,7,12-13H2,1-5H3;1H. The van der Waals surface area contributed by atoms with Gasteiger partial charge in [0.2, 0.25) is 0 Å². The fourth-order valence-electron chi connectivity index (χ4n) is 3.13. The Labute approximate surface area is 197 Å². The van der Waals surface area contributed by atoms with Crippen molar-refractivity contribution in [3.05, 3.63) is 42.0 Å². The lowest BCUT2D eigenvalue weighted by atomic mass is 10.2. The molecule has 0 aliphatic carbocycles. The summed E-state index contributed by atoms with van der Waals surface area (Å²) in [6, 6.07) is 11.4. The van der Waals surface area contributed by atoms with Crippen molar-refractivity contribution in [2.24, 2.45) is 0 Å². The molecular formula is C22H28ClN3O3S2. The van der Waals surface area contributed by atoms with Gasteiger partial charge in [-0.15, -0.1) is 24.2 Å². The molecule has 0 N–H and O–H groups in total. The fraction of sp³-hybridized carbons (Fsp3) is 0.364. The highest BCUT2D eigenvalue weighted by Gasteiger charge is 2.23. The molecule has 0 saturated carbocycles. The zero-order valence-corrected chi connectivity index (χ0v) is 20.8. The van der Waals surface area contributed by atoms with Gasteiger partial charge in [0, 0.05) is 17.0 Å². The van der Waals surface area contributed by atoms with Crippen LogP contribution in [0.2, 0.25) is 0 Å². The Morgan fingerprint density at radius 2 is 1.81 bits per heavy atom. The van der Waals surface area contributed by atoms with Crippen molar-refractivity contribution in [2.45, 2.75) is 11.3 Å². The van der Waals surface area contributed by atoms with Gasteiger partial charge in [-0.2, -0.15) is 0 Å². The van der Waals surface area contributed by atoms with Gasteiger partial charge < -0.3 is 14.4 Å². The maximum Gasteiger partial charge on any atom is 0.260 e. The lowest BCUT2D eigenvalue weighted by Crippen LogP contribution is -2.33. The highest BCUT2D eigenvalue weighted by Crippen LogP contribution is 2.40. The van der Waals surface area contributed by atoms with Gasteiger partial charge in [-0.1, -0.05) is 17.4 Å². The average molecular weight is 482 g/mol. The molecule has 0 aliphatic heterocycles. The number of rotatable bonds is 9. The van der Waals surface area contributed by atoms with E-state index in [-0.39, 0.29) is 18.3 Å². The lowest BCUT2D eigenvalue weighted by Gasteiger charge is -2.21. The van der Waals surface area contributed by atoms with Crippen LogP contribution in [0, 0.1) is 0 Å². The van der Waals surface area contributed by atoms with Crippen molar-refractivity contribution in [1.29, 1.82) is 0 Å². The number of hydrogen-bond acceptors (Lipinski definition) is 7. The molecule has 3 aromatic rings. The maximum absolute atomic E-state index is 13.5. The number of anilines is 1. The Kier molecular flexibility index (Phi) is 9.43. The molecule has 0 aliphatic rings. The highest BCUT2D eigenvalue weighted by molar-refractivity contribution is 7.98. The van der Waals surface area contributed by atoms with Crippen molar-refractivity contribution in [3.63, 3.8) is 0 Å². The molecule has 31 heavy (non-hydrogen) atoms. The number of benzene rings is 2. The Hall–Kier alpha value is -2.00. The van der Waals surface area contributed by atoms with Gasteiger partial charge in [0.15, 0.2) is 5.13 Å². The first-order valence-corrected chi connectivity index (χ1v) is 11.6. The number of thioether (sulfide) groups is 1. The number of fused-ring (bicyclic) bond motifs is 1. The Balaban J connectivity index is 0.00000341. The van der Waals surface area contributed by atoms with Crippen molar-refractivity contribution in [1.82, 2.24) is 9.88 Å². The molecule has 2 aromatic carbocycles. The van der Waals surface area contributed by atoms with Crippen LogP contribution in [0.25, 0.3) is 10.2 Å². The fourth-order valence-corrected chi connectivity index (χ4v) is 4.69. The first-order chi connectivity index (χ1) is 14.5. The van der Waals surface area contributed by atoms with Gasteiger partial charge in [-0.25, -0.2) is 4.98 Å². The minimum atomic E-state index is -0.0540. The number of methoxy groups -OCH3 is 2. The van der Waals surface area contributed by atoms with Crippen LogP contribution in [-0.2, 0) is 0 Å². The van der Waals surface area contributed by atoms with Gasteiger partial charge in [-0.05, 0) is 63.6 Å². The summed E-state index contributed by atoms with van der Waals surface area (Å²) in [6.45, 7) is 1.46. The van der Waals surface area contributed by atoms with Crippen LogP contribution in [0.3, 0.4) is 0 Å². The Bertz CT molecular complexity index is 985. The lowest BCUT2D eigenvalue weighted by molar-refractivity contribution is 0.0986. The Morgan fingerprint density at radius 3 is 2.45 bits per heavy atom. The van der Waals surface area contributed by atoms with E-state index in [1.165, 1.54) is 11.3 Å². The predicted molar refractivity (Wildman–Crippen MR) is 133 cm³/mol. The SMILES string of the molecule is COc1ccc(OC)c2sc(N(CCCN(C)C)C(=O)c3cccc(SC)c3)nc12.Cl. The van der Waals surface area contributed by atoms with Crippen molar-refractivity contribution in [3.8, 4) is 11.5 Å². The second-order valence-corrected chi connectivity index (χ2v) is 8.85. The smallest absolute Gasteiger partial charge is 0.260 e. The summed E-state index contributed by atoms with van der Waals surface area (Å²) in [5.74, 6) is 1.33. The zero-order chi connectivity index (χ0) is 21.7. The Morgan fingerprint density at radius 1 is 1.10 bits per heavy atom. The minimum Gasteiger partial charge on any atom is -0.495 e. The van der Waals surface area contributed by atoms with E-state index in [0.717, 1.165) is 28.3 Å². The number of carbonyl (C=O) groups excluding carboxylic acids is 1. The van der Waals surface area contributed by atoms with E-state index in [2.05, 4.69) is 4.90 Å². The van der Waals surface area contributed by atoms with Crippen LogP contribution in [0.1, 0.15) is 16.8 Å². The van der Waals surface area contributed by atoms with E-state index in [1.54, 1.807) is 30.9 Å². The molecule has 1 heterocycles. The summed E-state index contributed by atoms with van der Waals surface area (Å²) in [5, 5.41) is 0.645. The molecular weight excluding hydrogens is 454 g/mol. The van der Waals surface area contributed by atoms with Crippen molar-refractivity contribution >= 4 is 56.8 Å². The second-order valence-electron chi connectivity index (χ2n) is 6.99. The van der Waals surface area contributed by atoms with E-state index < -0.39 is 0 Å². The molecule has 0 bridgehead atoms. The van der Waals surface area contributed by atoms with Gasteiger partial charge in [0.1, 0.15) is 21.7 Å². The number of ether oxygens (including phenoxy) is 2. The van der Waals surface area contributed by atoms with Crippen molar-refractivity contribution < 1.29 is 14.3 Å². The van der Waals surface area contributed by atoms with E-state index in [1.807, 2.05) is 56.7 Å². The number of carbonyl (C=O) groups is 1. The summed E-state index contributed by atoms with van der Waals surface area (Å²) in [6.07, 6.45) is 2.84. The number of halogens is 1. The summed E-state index contributed by atoms with van der Waals surface area (Å²) in [5.41, 5.74) is 1.37. The zero-order valence-electron chi connectivity index (χ0n) is 18.4. The highest BCUT2D eigenvalue weighted by atomic mass is 35.5. The molecule has 0 atom stereocenters. The topological polar surface area (TPSA) is 54.9 Å². The molecule has 6 nitrogen and oxygen atoms in total. The van der Waals surface area contributed by atoms with Gasteiger partial charge in [-0.3, -0.25) is 9.69 Å². The number of aromatic nitrogens is 1. The largest absolute Gasteiger partial charge is 0.495 e. The average Bonchev–Trinajstić information content (AvgIpc) is 3.20. The third-order valence-electron chi connectivity index (χ3n) is 4.68. The third-order valence-corrected chi connectivity index (χ3v) is 6.50. The predicted octanol–water partition coefficient (Wildman–Crippen LogP) is 5.06. The number of thiazole rings is 1. The number of nitrogens with zero attached hydrogens (tertiary/aromatic N) is 3. The summed E-state index contributed by atoms with van der Waals surface area (Å²) in [4.78, 5) is 23.2. The van der Waals surface area contributed by atoms with Crippen molar-refractivity contribution in [2.75, 3.05) is 52.6 Å². The van der Waals surface area contributed by atoms with Crippen LogP contribution in [-0.4, -0.2) is 63.5 Å². The molecule has 3 rings (SSSR count). The van der Waals surface area contributed by atoms with E-state index in [0.29, 0.717) is 28.5 Å². The minimum absolute atomic E-state index is 0. The molecule has 0 unspecified atom stereocenters. The molecule has 1 amide bonds. The molecule has 0 fully saturated rings.